The third-order valence-corrected chi connectivity index (χ3v) is 4.91. The summed E-state index contributed by atoms with van der Waals surface area (Å²) in [5.74, 6) is -0.321. The van der Waals surface area contributed by atoms with Gasteiger partial charge in [0.1, 0.15) is 34.0 Å². The summed E-state index contributed by atoms with van der Waals surface area (Å²) in [6.07, 6.45) is 8.60. The molecule has 0 bridgehead atoms. The lowest BCUT2D eigenvalue weighted by atomic mass is 9.93. The van der Waals surface area contributed by atoms with Gasteiger partial charge in [-0.2, -0.15) is 0 Å². The topological polar surface area (TPSA) is 146 Å². The number of nitrogens with two attached hydrogens (primary N) is 2. The zero-order chi connectivity index (χ0) is 20.0. The van der Waals surface area contributed by atoms with Crippen molar-refractivity contribution in [1.29, 1.82) is 0 Å². The van der Waals surface area contributed by atoms with Crippen molar-refractivity contribution < 1.29 is 9.90 Å². The van der Waals surface area contributed by atoms with Crippen LogP contribution in [-0.4, -0.2) is 35.5 Å². The average Bonchev–Trinajstić information content (AvgIpc) is 2.97. The highest BCUT2D eigenvalue weighted by Gasteiger charge is 2.29. The molecule has 0 saturated heterocycles. The van der Waals surface area contributed by atoms with Gasteiger partial charge in [-0.3, -0.25) is 19.3 Å². The number of anilines is 1. The minimum absolute atomic E-state index is 0.0518. The first-order valence-corrected chi connectivity index (χ1v) is 8.74. The Bertz CT molecular complexity index is 1160. The van der Waals surface area contributed by atoms with Gasteiger partial charge in [-0.05, 0) is 19.4 Å². The molecule has 0 spiro atoms. The number of fused-ring (bicyclic) bond motifs is 1. The second-order valence-corrected chi connectivity index (χ2v) is 6.71. The number of aliphatic hydroxyl groups excluding tert-OH is 1. The van der Waals surface area contributed by atoms with Crippen LogP contribution in [0.2, 0.25) is 0 Å². The molecule has 4 rings (SSSR count). The van der Waals surface area contributed by atoms with Crippen LogP contribution in [0.1, 0.15) is 30.6 Å². The van der Waals surface area contributed by atoms with Crippen molar-refractivity contribution in [3.63, 3.8) is 0 Å². The van der Waals surface area contributed by atoms with Gasteiger partial charge in [0.05, 0.1) is 12.4 Å². The van der Waals surface area contributed by atoms with E-state index in [0.717, 1.165) is 5.70 Å². The largest absolute Gasteiger partial charge is 0.508 e. The predicted molar refractivity (Wildman–Crippen MR) is 105 cm³/mol. The lowest BCUT2D eigenvalue weighted by Crippen LogP contribution is -2.17. The third kappa shape index (κ3) is 2.59. The van der Waals surface area contributed by atoms with Crippen molar-refractivity contribution in [1.82, 2.24) is 24.5 Å². The molecule has 9 nitrogen and oxygen atoms in total. The minimum Gasteiger partial charge on any atom is -0.508 e. The molecule has 0 aliphatic heterocycles. The number of rotatable bonds is 3. The number of carbonyl (C=O) groups excluding carboxylic acids is 1. The molecule has 9 heteroatoms. The zero-order valence-electron chi connectivity index (χ0n) is 15.4. The van der Waals surface area contributed by atoms with Gasteiger partial charge in [0, 0.05) is 29.6 Å². The molecular weight excluding hydrogens is 358 g/mol. The van der Waals surface area contributed by atoms with Crippen LogP contribution in [0, 0.1) is 5.92 Å². The Kier molecular flexibility index (Phi) is 4.07. The number of hydrogen-bond acceptors (Lipinski definition) is 7. The summed E-state index contributed by atoms with van der Waals surface area (Å²) >= 11 is 0. The Morgan fingerprint density at radius 2 is 2.04 bits per heavy atom. The Labute approximate surface area is 160 Å². The van der Waals surface area contributed by atoms with Crippen molar-refractivity contribution in [2.45, 2.75) is 20.3 Å². The van der Waals surface area contributed by atoms with Crippen LogP contribution in [0.15, 0.2) is 42.2 Å². The van der Waals surface area contributed by atoms with Crippen LogP contribution in [0.25, 0.3) is 28.2 Å². The van der Waals surface area contributed by atoms with Crippen molar-refractivity contribution in [2.75, 3.05) is 5.73 Å². The van der Waals surface area contributed by atoms with E-state index < -0.39 is 5.91 Å². The lowest BCUT2D eigenvalue weighted by Gasteiger charge is -2.24. The molecule has 0 saturated carbocycles. The van der Waals surface area contributed by atoms with E-state index >= 15 is 0 Å². The minimum atomic E-state index is -0.701. The maximum absolute atomic E-state index is 12.2. The van der Waals surface area contributed by atoms with Gasteiger partial charge in [0.25, 0.3) is 5.91 Å². The highest BCUT2D eigenvalue weighted by Crippen LogP contribution is 2.38. The number of carbonyl (C=O) groups is 1. The van der Waals surface area contributed by atoms with Gasteiger partial charge in [-0.15, -0.1) is 0 Å². The molecule has 3 aromatic heterocycles. The number of aromatic nitrogens is 5. The van der Waals surface area contributed by atoms with Crippen LogP contribution in [-0.2, 0) is 0 Å². The quantitative estimate of drug-likeness (QED) is 0.634. The van der Waals surface area contributed by atoms with E-state index in [-0.39, 0.29) is 28.6 Å². The molecular formula is C19H19N7O2. The van der Waals surface area contributed by atoms with Crippen molar-refractivity contribution in [3.8, 4) is 11.4 Å². The van der Waals surface area contributed by atoms with Gasteiger partial charge in [-0.25, -0.2) is 9.97 Å². The maximum atomic E-state index is 12.2. The fourth-order valence-corrected chi connectivity index (χ4v) is 3.54. The smallest absolute Gasteiger partial charge is 0.254 e. The standard InChI is InChI=1S/C19H19N7O2/c1-9-3-4-13(27)10(2)16(9)26-17(20)14(18(21)28)15-19(26)24-8-12(25-15)11-7-22-5-6-23-11/h4-9,27H,3,20H2,1-2H3,(H2,21,28)/t9-/m0/s1. The molecule has 0 radical (unpaired) electrons. The second kappa shape index (κ2) is 6.45. The first kappa shape index (κ1) is 17.7. The van der Waals surface area contributed by atoms with Gasteiger partial charge in [0.15, 0.2) is 5.65 Å². The van der Waals surface area contributed by atoms with Crippen molar-refractivity contribution >= 4 is 28.6 Å². The fourth-order valence-electron chi connectivity index (χ4n) is 3.54. The Morgan fingerprint density at radius 3 is 2.71 bits per heavy atom. The molecule has 5 N–H and O–H groups in total. The number of aliphatic hydroxyl groups is 1. The van der Waals surface area contributed by atoms with Crippen LogP contribution in [0.5, 0.6) is 0 Å². The number of allylic oxidation sites excluding steroid dienone is 3. The highest BCUT2D eigenvalue weighted by atomic mass is 16.3. The lowest BCUT2D eigenvalue weighted by molar-refractivity contribution is 0.100. The van der Waals surface area contributed by atoms with Gasteiger partial charge >= 0.3 is 0 Å². The summed E-state index contributed by atoms with van der Waals surface area (Å²) in [7, 11) is 0. The number of nitrogens with zero attached hydrogens (tertiary/aromatic N) is 5. The number of nitrogen functional groups attached to an aromatic ring is 1. The third-order valence-electron chi connectivity index (χ3n) is 4.91. The van der Waals surface area contributed by atoms with Gasteiger partial charge < -0.3 is 16.6 Å². The molecule has 3 heterocycles. The maximum Gasteiger partial charge on any atom is 0.254 e. The summed E-state index contributed by atoms with van der Waals surface area (Å²) in [6, 6.07) is 0. The molecule has 0 fully saturated rings. The zero-order valence-corrected chi connectivity index (χ0v) is 15.4. The van der Waals surface area contributed by atoms with E-state index in [2.05, 4.69) is 19.9 Å². The monoisotopic (exact) mass is 377 g/mol. The molecule has 1 amide bonds. The molecule has 1 aliphatic rings. The van der Waals surface area contributed by atoms with E-state index in [4.69, 9.17) is 11.5 Å². The van der Waals surface area contributed by atoms with Gasteiger partial charge in [0.2, 0.25) is 0 Å². The Balaban J connectivity index is 2.04. The van der Waals surface area contributed by atoms with E-state index in [1.54, 1.807) is 42.4 Å². The van der Waals surface area contributed by atoms with E-state index in [1.165, 1.54) is 0 Å². The fraction of sp³-hybridized carbons (Fsp3) is 0.211. The molecule has 142 valence electrons. The van der Waals surface area contributed by atoms with Gasteiger partial charge in [-0.1, -0.05) is 6.92 Å². The van der Waals surface area contributed by atoms with E-state index in [0.29, 0.717) is 29.0 Å². The van der Waals surface area contributed by atoms with Crippen LogP contribution in [0.4, 0.5) is 5.82 Å². The Morgan fingerprint density at radius 1 is 1.25 bits per heavy atom. The van der Waals surface area contributed by atoms with Crippen molar-refractivity contribution in [2.24, 2.45) is 11.7 Å². The van der Waals surface area contributed by atoms with E-state index in [9.17, 15) is 9.90 Å². The number of hydrogen-bond donors (Lipinski definition) is 3. The molecule has 1 aliphatic carbocycles. The summed E-state index contributed by atoms with van der Waals surface area (Å²) in [5, 5.41) is 10.2. The highest BCUT2D eigenvalue weighted by molar-refractivity contribution is 6.10. The van der Waals surface area contributed by atoms with E-state index in [1.807, 2.05) is 6.92 Å². The molecule has 28 heavy (non-hydrogen) atoms. The van der Waals surface area contributed by atoms with Crippen LogP contribution >= 0.6 is 0 Å². The first-order valence-electron chi connectivity index (χ1n) is 8.74. The normalized spacial score (nSPS) is 17.1. The molecule has 0 unspecified atom stereocenters. The number of amides is 1. The second-order valence-electron chi connectivity index (χ2n) is 6.71. The predicted octanol–water partition coefficient (Wildman–Crippen LogP) is 2.28. The average molecular weight is 377 g/mol. The molecule has 1 atom stereocenters. The summed E-state index contributed by atoms with van der Waals surface area (Å²) < 4.78 is 1.66. The summed E-state index contributed by atoms with van der Waals surface area (Å²) in [4.78, 5) is 29.5. The van der Waals surface area contributed by atoms with Crippen molar-refractivity contribution in [3.05, 3.63) is 47.8 Å². The van der Waals surface area contributed by atoms with Crippen LogP contribution in [0.3, 0.4) is 0 Å². The molecule has 0 aromatic carbocycles. The molecule has 3 aromatic rings. The van der Waals surface area contributed by atoms with Crippen LogP contribution < -0.4 is 11.5 Å². The SMILES string of the molecule is CC1=C(n2c(N)c(C(N)=O)c3nc(-c4cnccn4)cnc32)[C@@H](C)CC=C1O. The summed E-state index contributed by atoms with van der Waals surface area (Å²) in [6.45, 7) is 3.81. The summed E-state index contributed by atoms with van der Waals surface area (Å²) in [5.41, 5.74) is 15.1. The first-order chi connectivity index (χ1) is 13.4. The Hall–Kier alpha value is -3.75. The number of primary amides is 1.